The van der Waals surface area contributed by atoms with Crippen molar-refractivity contribution in [1.82, 2.24) is 4.57 Å². The maximum atomic E-state index is 12.5. The first-order valence-electron chi connectivity index (χ1n) is 7.80. The number of halogens is 1. The minimum Gasteiger partial charge on any atom is -0.465 e. The molecule has 3 aromatic rings. The molecule has 1 aromatic heterocycles. The van der Waals surface area contributed by atoms with Crippen LogP contribution >= 0.6 is 22.6 Å². The van der Waals surface area contributed by atoms with Gasteiger partial charge in [0.2, 0.25) is 0 Å². The third-order valence-electron chi connectivity index (χ3n) is 3.95. The summed E-state index contributed by atoms with van der Waals surface area (Å²) in [6.45, 7) is 0. The van der Waals surface area contributed by atoms with E-state index in [2.05, 4.69) is 22.6 Å². The molecule has 0 fully saturated rings. The van der Waals surface area contributed by atoms with E-state index in [-0.39, 0.29) is 11.1 Å². The molecule has 0 saturated carbocycles. The largest absolute Gasteiger partial charge is 0.465 e. The summed E-state index contributed by atoms with van der Waals surface area (Å²) in [5.41, 5.74) is 2.55. The highest BCUT2D eigenvalue weighted by Gasteiger charge is 2.28. The molecular formula is C20H16INO4. The second-order valence-electron chi connectivity index (χ2n) is 5.46. The minimum absolute atomic E-state index is 0.164. The Morgan fingerprint density at radius 3 is 2.08 bits per heavy atom. The van der Waals surface area contributed by atoms with E-state index in [1.54, 1.807) is 6.20 Å². The van der Waals surface area contributed by atoms with E-state index in [0.717, 1.165) is 14.8 Å². The molecule has 0 bridgehead atoms. The Labute approximate surface area is 164 Å². The van der Waals surface area contributed by atoms with Crippen molar-refractivity contribution < 1.29 is 19.1 Å². The van der Waals surface area contributed by atoms with Gasteiger partial charge in [0.1, 0.15) is 5.56 Å². The third-order valence-corrected chi connectivity index (χ3v) is 4.67. The van der Waals surface area contributed by atoms with Gasteiger partial charge in [-0.1, -0.05) is 30.3 Å². The zero-order valence-electron chi connectivity index (χ0n) is 14.2. The van der Waals surface area contributed by atoms with Crippen LogP contribution in [-0.2, 0) is 9.47 Å². The van der Waals surface area contributed by atoms with Crippen LogP contribution in [0, 0.1) is 3.57 Å². The molecule has 1 heterocycles. The number of esters is 2. The molecule has 0 aliphatic carbocycles. The lowest BCUT2D eigenvalue weighted by atomic mass is 10.0. The molecule has 0 spiro atoms. The Bertz CT molecular complexity index is 946. The number of benzene rings is 2. The van der Waals surface area contributed by atoms with Gasteiger partial charge < -0.3 is 14.0 Å². The van der Waals surface area contributed by atoms with Crippen LogP contribution in [0.5, 0.6) is 0 Å². The topological polar surface area (TPSA) is 57.5 Å². The van der Waals surface area contributed by atoms with Gasteiger partial charge in [0.05, 0.1) is 25.5 Å². The number of carbonyl (C=O) groups is 2. The van der Waals surface area contributed by atoms with E-state index in [4.69, 9.17) is 9.47 Å². The molecule has 132 valence electrons. The molecule has 2 aromatic carbocycles. The number of carbonyl (C=O) groups excluding carboxylic acids is 2. The Balaban J connectivity index is 2.36. The fraction of sp³-hybridized carbons (Fsp3) is 0.100. The molecular weight excluding hydrogens is 445 g/mol. The molecule has 0 unspecified atom stereocenters. The minimum atomic E-state index is -0.591. The van der Waals surface area contributed by atoms with E-state index < -0.39 is 11.9 Å². The smallest absolute Gasteiger partial charge is 0.340 e. The van der Waals surface area contributed by atoms with E-state index in [1.807, 2.05) is 59.2 Å². The van der Waals surface area contributed by atoms with Crippen molar-refractivity contribution in [3.8, 4) is 16.9 Å². The van der Waals surface area contributed by atoms with Crippen molar-refractivity contribution in [1.29, 1.82) is 0 Å². The predicted molar refractivity (Wildman–Crippen MR) is 107 cm³/mol. The lowest BCUT2D eigenvalue weighted by molar-refractivity contribution is 0.0557. The molecule has 26 heavy (non-hydrogen) atoms. The Morgan fingerprint density at radius 2 is 1.50 bits per heavy atom. The summed E-state index contributed by atoms with van der Waals surface area (Å²) >= 11 is 2.22. The van der Waals surface area contributed by atoms with Gasteiger partial charge in [0, 0.05) is 15.5 Å². The van der Waals surface area contributed by atoms with Gasteiger partial charge >= 0.3 is 11.9 Å². The highest BCUT2D eigenvalue weighted by molar-refractivity contribution is 14.1. The van der Waals surface area contributed by atoms with E-state index in [9.17, 15) is 9.59 Å². The van der Waals surface area contributed by atoms with Gasteiger partial charge in [0.25, 0.3) is 0 Å². The first kappa shape index (κ1) is 18.2. The molecule has 3 rings (SSSR count). The summed E-state index contributed by atoms with van der Waals surface area (Å²) in [7, 11) is 2.58. The Hall–Kier alpha value is -2.61. The van der Waals surface area contributed by atoms with Crippen LogP contribution in [0.4, 0.5) is 0 Å². The van der Waals surface area contributed by atoms with Crippen molar-refractivity contribution >= 4 is 34.5 Å². The Morgan fingerprint density at radius 1 is 0.885 bits per heavy atom. The third kappa shape index (κ3) is 3.37. The van der Waals surface area contributed by atoms with Gasteiger partial charge in [-0.2, -0.15) is 0 Å². The van der Waals surface area contributed by atoms with Gasteiger partial charge in [0.15, 0.2) is 0 Å². The number of aromatic nitrogens is 1. The zero-order chi connectivity index (χ0) is 18.7. The van der Waals surface area contributed by atoms with Crippen molar-refractivity contribution in [2.24, 2.45) is 0 Å². The lowest BCUT2D eigenvalue weighted by Crippen LogP contribution is -2.10. The Kier molecular flexibility index (Phi) is 5.41. The monoisotopic (exact) mass is 461 g/mol. The molecule has 0 amide bonds. The normalized spacial score (nSPS) is 10.4. The number of ether oxygens (including phenoxy) is 2. The van der Waals surface area contributed by atoms with E-state index in [0.29, 0.717) is 5.69 Å². The molecule has 0 saturated heterocycles. The van der Waals surface area contributed by atoms with E-state index in [1.165, 1.54) is 14.2 Å². The highest BCUT2D eigenvalue weighted by Crippen LogP contribution is 2.32. The summed E-state index contributed by atoms with van der Waals surface area (Å²) in [4.78, 5) is 24.8. The van der Waals surface area contributed by atoms with Crippen molar-refractivity contribution in [3.05, 3.63) is 75.5 Å². The van der Waals surface area contributed by atoms with Gasteiger partial charge in [-0.15, -0.1) is 0 Å². The molecule has 0 radical (unpaired) electrons. The molecule has 0 aliphatic rings. The SMILES string of the molecule is COC(=O)c1cn(-c2ccc(I)cc2)c(-c2ccccc2)c1C(=O)OC. The van der Waals surface area contributed by atoms with Gasteiger partial charge in [-0.3, -0.25) is 0 Å². The number of hydrogen-bond donors (Lipinski definition) is 0. The maximum absolute atomic E-state index is 12.5. The predicted octanol–water partition coefficient (Wildman–Crippen LogP) is 4.32. The highest BCUT2D eigenvalue weighted by atomic mass is 127. The van der Waals surface area contributed by atoms with Crippen LogP contribution in [0.2, 0.25) is 0 Å². The zero-order valence-corrected chi connectivity index (χ0v) is 16.4. The second kappa shape index (κ2) is 7.74. The van der Waals surface area contributed by atoms with Crippen LogP contribution in [0.3, 0.4) is 0 Å². The first-order valence-corrected chi connectivity index (χ1v) is 8.88. The van der Waals surface area contributed by atoms with Crippen molar-refractivity contribution in [3.63, 3.8) is 0 Å². The fourth-order valence-electron chi connectivity index (χ4n) is 2.76. The maximum Gasteiger partial charge on any atom is 0.340 e. The van der Waals surface area contributed by atoms with Crippen LogP contribution in [0.25, 0.3) is 16.9 Å². The number of rotatable bonds is 4. The van der Waals surface area contributed by atoms with Crippen molar-refractivity contribution in [2.75, 3.05) is 14.2 Å². The molecule has 0 atom stereocenters. The number of nitrogens with zero attached hydrogens (tertiary/aromatic N) is 1. The van der Waals surface area contributed by atoms with Crippen molar-refractivity contribution in [2.45, 2.75) is 0 Å². The standard InChI is InChI=1S/C20H16INO4/c1-25-19(23)16-12-22(15-10-8-14(21)9-11-15)18(17(16)20(24)26-2)13-6-4-3-5-7-13/h3-12H,1-2H3. The molecule has 0 aliphatic heterocycles. The average Bonchev–Trinajstić information content (AvgIpc) is 3.08. The molecule has 5 nitrogen and oxygen atoms in total. The van der Waals surface area contributed by atoms with Gasteiger partial charge in [-0.05, 0) is 52.4 Å². The second-order valence-corrected chi connectivity index (χ2v) is 6.71. The van der Waals surface area contributed by atoms with Crippen LogP contribution in [0.1, 0.15) is 20.7 Å². The summed E-state index contributed by atoms with van der Waals surface area (Å²) in [6, 6.07) is 17.2. The summed E-state index contributed by atoms with van der Waals surface area (Å²) in [6.07, 6.45) is 1.61. The lowest BCUT2D eigenvalue weighted by Gasteiger charge is -2.11. The van der Waals surface area contributed by atoms with Crippen LogP contribution < -0.4 is 0 Å². The van der Waals surface area contributed by atoms with E-state index >= 15 is 0 Å². The number of methoxy groups -OCH3 is 2. The molecule has 6 heteroatoms. The summed E-state index contributed by atoms with van der Waals surface area (Å²) in [5.74, 6) is -1.18. The van der Waals surface area contributed by atoms with Crippen LogP contribution in [-0.4, -0.2) is 30.7 Å². The summed E-state index contributed by atoms with van der Waals surface area (Å²) < 4.78 is 12.7. The number of hydrogen-bond acceptors (Lipinski definition) is 4. The molecule has 0 N–H and O–H groups in total. The summed E-state index contributed by atoms with van der Waals surface area (Å²) in [5, 5.41) is 0. The fourth-order valence-corrected chi connectivity index (χ4v) is 3.12. The average molecular weight is 461 g/mol. The first-order chi connectivity index (χ1) is 12.6. The quantitative estimate of drug-likeness (QED) is 0.429. The van der Waals surface area contributed by atoms with Crippen LogP contribution in [0.15, 0.2) is 60.8 Å². The van der Waals surface area contributed by atoms with Gasteiger partial charge in [-0.25, -0.2) is 9.59 Å².